The van der Waals surface area contributed by atoms with E-state index in [0.29, 0.717) is 5.56 Å². The fourth-order valence-corrected chi connectivity index (χ4v) is 1.89. The third-order valence-corrected chi connectivity index (χ3v) is 2.90. The van der Waals surface area contributed by atoms with Crippen molar-refractivity contribution in [3.8, 4) is 6.07 Å². The lowest BCUT2D eigenvalue weighted by Gasteiger charge is -2.25. The summed E-state index contributed by atoms with van der Waals surface area (Å²) in [4.78, 5) is 10.2. The van der Waals surface area contributed by atoms with Crippen molar-refractivity contribution in [3.63, 3.8) is 0 Å². The number of hydrogen-bond acceptors (Lipinski definition) is 5. The van der Waals surface area contributed by atoms with Crippen molar-refractivity contribution in [2.45, 2.75) is 18.3 Å². The molecule has 0 aliphatic rings. The van der Waals surface area contributed by atoms with E-state index in [0.717, 1.165) is 0 Å². The molecule has 0 heterocycles. The van der Waals surface area contributed by atoms with Gasteiger partial charge in [-0.05, 0) is 18.4 Å². The summed E-state index contributed by atoms with van der Waals surface area (Å²) >= 11 is 0. The fraction of sp³-hybridized carbons (Fsp3) is 0.417. The van der Waals surface area contributed by atoms with E-state index < -0.39 is 10.3 Å². The van der Waals surface area contributed by atoms with Crippen LogP contribution in [0.15, 0.2) is 24.3 Å². The van der Waals surface area contributed by atoms with Gasteiger partial charge in [-0.1, -0.05) is 12.1 Å². The SMILES string of the molecule is N#CC(CCO)(CCO)c1cccc([N+](=O)[O-])c1. The second kappa shape index (κ2) is 6.10. The smallest absolute Gasteiger partial charge is 0.269 e. The summed E-state index contributed by atoms with van der Waals surface area (Å²) in [5.74, 6) is 0. The Kier molecular flexibility index (Phi) is 4.77. The van der Waals surface area contributed by atoms with Crippen LogP contribution in [-0.4, -0.2) is 28.4 Å². The number of non-ortho nitro benzene ring substituents is 1. The van der Waals surface area contributed by atoms with Gasteiger partial charge in [0, 0.05) is 25.3 Å². The first-order valence-electron chi connectivity index (χ1n) is 5.47. The Balaban J connectivity index is 3.24. The van der Waals surface area contributed by atoms with E-state index in [2.05, 4.69) is 6.07 Å². The highest BCUT2D eigenvalue weighted by Gasteiger charge is 2.32. The van der Waals surface area contributed by atoms with Gasteiger partial charge in [0.05, 0.1) is 16.4 Å². The standard InChI is InChI=1S/C12H14N2O4/c13-9-12(4-6-15,5-7-16)10-2-1-3-11(8-10)14(17)18/h1-3,8,15-16H,4-7H2. The highest BCUT2D eigenvalue weighted by Crippen LogP contribution is 2.32. The second-order valence-corrected chi connectivity index (χ2v) is 3.95. The lowest BCUT2D eigenvalue weighted by Crippen LogP contribution is -2.27. The van der Waals surface area contributed by atoms with Gasteiger partial charge in [-0.3, -0.25) is 10.1 Å². The molecule has 1 aromatic rings. The Morgan fingerprint density at radius 3 is 2.39 bits per heavy atom. The summed E-state index contributed by atoms with van der Waals surface area (Å²) in [5.41, 5.74) is -0.750. The number of aliphatic hydroxyl groups excluding tert-OH is 2. The Morgan fingerprint density at radius 1 is 1.33 bits per heavy atom. The number of hydrogen-bond donors (Lipinski definition) is 2. The normalized spacial score (nSPS) is 10.9. The first-order valence-corrected chi connectivity index (χ1v) is 5.47. The molecule has 6 nitrogen and oxygen atoms in total. The average molecular weight is 250 g/mol. The van der Waals surface area contributed by atoms with E-state index in [4.69, 9.17) is 10.2 Å². The number of rotatable bonds is 6. The minimum Gasteiger partial charge on any atom is -0.396 e. The summed E-state index contributed by atoms with van der Waals surface area (Å²) in [7, 11) is 0. The van der Waals surface area contributed by atoms with Gasteiger partial charge < -0.3 is 10.2 Å². The number of nitrogens with zero attached hydrogens (tertiary/aromatic N) is 2. The quantitative estimate of drug-likeness (QED) is 0.581. The minimum atomic E-state index is -1.09. The van der Waals surface area contributed by atoms with Gasteiger partial charge in [-0.25, -0.2) is 0 Å². The van der Waals surface area contributed by atoms with E-state index in [9.17, 15) is 15.4 Å². The van der Waals surface area contributed by atoms with Crippen molar-refractivity contribution in [1.82, 2.24) is 0 Å². The van der Waals surface area contributed by atoms with Gasteiger partial charge in [0.1, 0.15) is 0 Å². The highest BCUT2D eigenvalue weighted by molar-refractivity contribution is 5.41. The highest BCUT2D eigenvalue weighted by atomic mass is 16.6. The van der Waals surface area contributed by atoms with E-state index in [1.807, 2.05) is 0 Å². The molecular formula is C12H14N2O4. The summed E-state index contributed by atoms with van der Waals surface area (Å²) in [6, 6.07) is 7.80. The van der Waals surface area contributed by atoms with Crippen molar-refractivity contribution in [2.75, 3.05) is 13.2 Å². The monoisotopic (exact) mass is 250 g/mol. The number of nitro groups is 1. The van der Waals surface area contributed by atoms with Gasteiger partial charge >= 0.3 is 0 Å². The predicted octanol–water partition coefficient (Wildman–Crippen LogP) is 1.12. The molecule has 0 spiro atoms. The summed E-state index contributed by atoms with van der Waals surface area (Å²) < 4.78 is 0. The Labute approximate surface area is 104 Å². The molecule has 0 bridgehead atoms. The fourth-order valence-electron chi connectivity index (χ4n) is 1.89. The molecule has 0 amide bonds. The van der Waals surface area contributed by atoms with E-state index in [1.54, 1.807) is 6.07 Å². The van der Waals surface area contributed by atoms with Crippen LogP contribution in [0.2, 0.25) is 0 Å². The van der Waals surface area contributed by atoms with E-state index in [1.165, 1.54) is 18.2 Å². The lowest BCUT2D eigenvalue weighted by molar-refractivity contribution is -0.385. The maximum Gasteiger partial charge on any atom is 0.269 e. The van der Waals surface area contributed by atoms with Gasteiger partial charge in [-0.15, -0.1) is 0 Å². The van der Waals surface area contributed by atoms with Crippen LogP contribution in [0.4, 0.5) is 5.69 Å². The molecule has 0 saturated carbocycles. The molecular weight excluding hydrogens is 236 g/mol. The summed E-state index contributed by atoms with van der Waals surface area (Å²) in [5, 5.41) is 38.1. The molecule has 6 heteroatoms. The number of nitro benzene ring substituents is 1. The number of benzene rings is 1. The van der Waals surface area contributed by atoms with Crippen LogP contribution in [0.5, 0.6) is 0 Å². The zero-order valence-electron chi connectivity index (χ0n) is 9.74. The van der Waals surface area contributed by atoms with E-state index >= 15 is 0 Å². The van der Waals surface area contributed by atoms with Crippen molar-refractivity contribution < 1.29 is 15.1 Å². The van der Waals surface area contributed by atoms with Gasteiger partial charge in [-0.2, -0.15) is 5.26 Å². The van der Waals surface area contributed by atoms with Crippen LogP contribution in [0, 0.1) is 21.4 Å². The largest absolute Gasteiger partial charge is 0.396 e. The Morgan fingerprint density at radius 2 is 1.94 bits per heavy atom. The molecule has 0 radical (unpaired) electrons. The minimum absolute atomic E-state index is 0.108. The summed E-state index contributed by atoms with van der Waals surface area (Å²) in [6.45, 7) is -0.452. The molecule has 18 heavy (non-hydrogen) atoms. The molecule has 2 N–H and O–H groups in total. The van der Waals surface area contributed by atoms with Gasteiger partial charge in [0.2, 0.25) is 0 Å². The zero-order valence-corrected chi connectivity index (χ0v) is 9.74. The third kappa shape index (κ3) is 2.83. The molecule has 0 aliphatic carbocycles. The molecule has 0 atom stereocenters. The van der Waals surface area contributed by atoms with Crippen LogP contribution < -0.4 is 0 Å². The molecule has 0 aromatic heterocycles. The molecule has 1 rings (SSSR count). The second-order valence-electron chi connectivity index (χ2n) is 3.95. The predicted molar refractivity (Wildman–Crippen MR) is 63.8 cm³/mol. The first-order chi connectivity index (χ1) is 8.59. The van der Waals surface area contributed by atoms with Gasteiger partial charge in [0.25, 0.3) is 5.69 Å². The molecule has 1 aromatic carbocycles. The molecule has 0 fully saturated rings. The zero-order chi connectivity index (χ0) is 13.6. The maximum absolute atomic E-state index is 10.7. The Bertz CT molecular complexity index is 461. The van der Waals surface area contributed by atoms with Crippen LogP contribution in [-0.2, 0) is 5.41 Å². The molecule has 0 saturated heterocycles. The van der Waals surface area contributed by atoms with E-state index in [-0.39, 0.29) is 31.7 Å². The maximum atomic E-state index is 10.7. The van der Waals surface area contributed by atoms with Crippen LogP contribution in [0.1, 0.15) is 18.4 Å². The number of aliphatic hydroxyl groups is 2. The molecule has 0 unspecified atom stereocenters. The molecule has 0 aliphatic heterocycles. The summed E-state index contributed by atoms with van der Waals surface area (Å²) in [6.07, 6.45) is 0.260. The first kappa shape index (κ1) is 14.1. The van der Waals surface area contributed by atoms with Crippen LogP contribution in [0.3, 0.4) is 0 Å². The number of nitriles is 1. The average Bonchev–Trinajstić information content (AvgIpc) is 2.38. The van der Waals surface area contributed by atoms with Crippen molar-refractivity contribution >= 4 is 5.69 Å². The van der Waals surface area contributed by atoms with Crippen LogP contribution in [0.25, 0.3) is 0 Å². The molecule has 96 valence electrons. The van der Waals surface area contributed by atoms with Crippen molar-refractivity contribution in [3.05, 3.63) is 39.9 Å². The topological polar surface area (TPSA) is 107 Å². The van der Waals surface area contributed by atoms with Crippen molar-refractivity contribution in [2.24, 2.45) is 0 Å². The van der Waals surface area contributed by atoms with Gasteiger partial charge in [0.15, 0.2) is 0 Å². The third-order valence-electron chi connectivity index (χ3n) is 2.90. The van der Waals surface area contributed by atoms with Crippen LogP contribution >= 0.6 is 0 Å². The van der Waals surface area contributed by atoms with Crippen molar-refractivity contribution in [1.29, 1.82) is 5.26 Å². The Hall–Kier alpha value is -1.97. The lowest BCUT2D eigenvalue weighted by atomic mass is 9.76.